The van der Waals surface area contributed by atoms with Crippen LogP contribution in [0.5, 0.6) is 5.75 Å². The van der Waals surface area contributed by atoms with Crippen molar-refractivity contribution in [1.82, 2.24) is 4.98 Å². The van der Waals surface area contributed by atoms with Crippen LogP contribution in [0.2, 0.25) is 0 Å². The minimum absolute atomic E-state index is 0.0210. The van der Waals surface area contributed by atoms with Gasteiger partial charge in [0.2, 0.25) is 0 Å². The second kappa shape index (κ2) is 5.63. The molecule has 0 spiro atoms. The van der Waals surface area contributed by atoms with Crippen molar-refractivity contribution in [1.29, 1.82) is 0 Å². The summed E-state index contributed by atoms with van der Waals surface area (Å²) in [6.45, 7) is 10.3. The van der Waals surface area contributed by atoms with Crippen LogP contribution >= 0.6 is 27.3 Å². The largest absolute Gasteiger partial charge is 0.507 e. The van der Waals surface area contributed by atoms with Gasteiger partial charge in [-0.05, 0) is 63.0 Å². The van der Waals surface area contributed by atoms with Crippen LogP contribution in [0.15, 0.2) is 8.58 Å². The average Bonchev–Trinajstić information content (AvgIpc) is 2.62. The highest BCUT2D eigenvalue weighted by molar-refractivity contribution is 9.11. The summed E-state index contributed by atoms with van der Waals surface area (Å²) < 4.78 is 6.23. The molecule has 0 aliphatic carbocycles. The molecule has 0 radical (unpaired) electrons. The lowest BCUT2D eigenvalue weighted by Gasteiger charge is -2.28. The number of rotatable bonds is 2. The molecule has 0 saturated carbocycles. The van der Waals surface area contributed by atoms with Crippen LogP contribution in [0.4, 0.5) is 0 Å². The molecular formula is C16H20BrNO4S. The summed E-state index contributed by atoms with van der Waals surface area (Å²) in [5.74, 6) is -0.726. The first-order chi connectivity index (χ1) is 10.4. The highest BCUT2D eigenvalue weighted by Crippen LogP contribution is 2.41. The van der Waals surface area contributed by atoms with Gasteiger partial charge in [0.25, 0.3) is 5.56 Å². The van der Waals surface area contributed by atoms with Crippen molar-refractivity contribution in [2.75, 3.05) is 0 Å². The summed E-state index contributed by atoms with van der Waals surface area (Å²) in [7, 11) is 0. The Morgan fingerprint density at radius 3 is 2.35 bits per heavy atom. The monoisotopic (exact) mass is 401 g/mol. The number of pyridine rings is 1. The maximum Gasteiger partial charge on any atom is 0.316 e. The minimum atomic E-state index is -1.28. The van der Waals surface area contributed by atoms with E-state index in [0.717, 1.165) is 9.35 Å². The Hall–Kier alpha value is -1.34. The third kappa shape index (κ3) is 3.17. The molecule has 2 aromatic heterocycles. The minimum Gasteiger partial charge on any atom is -0.507 e. The number of aryl methyl sites for hydroxylation is 1. The molecule has 2 aromatic rings. The summed E-state index contributed by atoms with van der Waals surface area (Å²) in [5.41, 5.74) is -1.60. The van der Waals surface area contributed by atoms with E-state index in [2.05, 4.69) is 20.9 Å². The van der Waals surface area contributed by atoms with Crippen molar-refractivity contribution < 1.29 is 14.6 Å². The Labute approximate surface area is 146 Å². The molecule has 0 bridgehead atoms. The van der Waals surface area contributed by atoms with Crippen LogP contribution < -0.4 is 5.56 Å². The van der Waals surface area contributed by atoms with Gasteiger partial charge in [0.05, 0.1) is 20.2 Å². The van der Waals surface area contributed by atoms with Gasteiger partial charge in [0.1, 0.15) is 16.2 Å². The predicted molar refractivity (Wildman–Crippen MR) is 95.4 cm³/mol. The number of carbonyl (C=O) groups excluding carboxylic acids is 1. The Kier molecular flexibility index (Phi) is 4.41. The van der Waals surface area contributed by atoms with Crippen molar-refractivity contribution in [2.45, 2.75) is 52.6 Å². The fraction of sp³-hybridized carbons (Fsp3) is 0.500. The van der Waals surface area contributed by atoms with Gasteiger partial charge in [-0.1, -0.05) is 0 Å². The van der Waals surface area contributed by atoms with E-state index in [1.165, 1.54) is 11.3 Å². The third-order valence-corrected chi connectivity index (χ3v) is 5.63. The molecule has 0 saturated heterocycles. The van der Waals surface area contributed by atoms with Crippen molar-refractivity contribution in [2.24, 2.45) is 0 Å². The van der Waals surface area contributed by atoms with E-state index in [4.69, 9.17) is 4.74 Å². The van der Waals surface area contributed by atoms with E-state index in [1.54, 1.807) is 34.6 Å². The molecule has 2 heterocycles. The lowest BCUT2D eigenvalue weighted by atomic mass is 9.84. The Bertz CT molecular complexity index is 842. The number of aromatic hydroxyl groups is 1. The van der Waals surface area contributed by atoms with Gasteiger partial charge < -0.3 is 14.8 Å². The van der Waals surface area contributed by atoms with Crippen LogP contribution in [-0.2, 0) is 14.9 Å². The van der Waals surface area contributed by atoms with Crippen molar-refractivity contribution in [3.8, 4) is 5.75 Å². The van der Waals surface area contributed by atoms with Crippen LogP contribution in [0.1, 0.15) is 45.7 Å². The molecule has 0 aliphatic heterocycles. The summed E-state index contributed by atoms with van der Waals surface area (Å²) in [6, 6.07) is 0. The lowest BCUT2D eigenvalue weighted by molar-refractivity contribution is -0.161. The molecule has 0 unspecified atom stereocenters. The zero-order chi connectivity index (χ0) is 17.7. The van der Waals surface area contributed by atoms with Gasteiger partial charge in [-0.3, -0.25) is 9.59 Å². The second-order valence-electron chi connectivity index (χ2n) is 7.01. The van der Waals surface area contributed by atoms with E-state index < -0.39 is 22.5 Å². The number of carbonyl (C=O) groups is 1. The number of hydrogen-bond donors (Lipinski definition) is 2. The first-order valence-corrected chi connectivity index (χ1v) is 8.75. The number of nitrogens with one attached hydrogen (secondary N) is 1. The zero-order valence-electron chi connectivity index (χ0n) is 14.0. The summed E-state index contributed by atoms with van der Waals surface area (Å²) in [5, 5.41) is 11.2. The Balaban J connectivity index is 2.69. The van der Waals surface area contributed by atoms with Gasteiger partial charge >= 0.3 is 5.97 Å². The molecule has 0 atom stereocenters. The molecule has 0 amide bonds. The Morgan fingerprint density at radius 1 is 1.26 bits per heavy atom. The van der Waals surface area contributed by atoms with Crippen molar-refractivity contribution >= 4 is 43.5 Å². The van der Waals surface area contributed by atoms with Crippen LogP contribution in [0.3, 0.4) is 0 Å². The number of thiophene rings is 1. The van der Waals surface area contributed by atoms with Gasteiger partial charge in [-0.25, -0.2) is 0 Å². The van der Waals surface area contributed by atoms with Crippen LogP contribution in [0, 0.1) is 6.92 Å². The molecule has 0 aliphatic rings. The number of esters is 1. The first kappa shape index (κ1) is 18.0. The van der Waals surface area contributed by atoms with Gasteiger partial charge in [-0.2, -0.15) is 0 Å². The van der Waals surface area contributed by atoms with E-state index in [-0.39, 0.29) is 11.3 Å². The van der Waals surface area contributed by atoms with Crippen molar-refractivity contribution in [3.63, 3.8) is 0 Å². The quantitative estimate of drug-likeness (QED) is 0.745. The zero-order valence-corrected chi connectivity index (χ0v) is 16.4. The fourth-order valence-corrected chi connectivity index (χ4v) is 3.96. The molecule has 0 fully saturated rings. The average molecular weight is 402 g/mol. The molecule has 0 aromatic carbocycles. The number of hydrogen-bond acceptors (Lipinski definition) is 5. The van der Waals surface area contributed by atoms with Crippen LogP contribution in [-0.4, -0.2) is 21.7 Å². The number of ether oxygens (including phenoxy) is 1. The number of halogens is 1. The number of H-pyrrole nitrogens is 1. The number of fused-ring (bicyclic) bond motifs is 1. The van der Waals surface area contributed by atoms with Gasteiger partial charge in [0.15, 0.2) is 0 Å². The Morgan fingerprint density at radius 2 is 1.83 bits per heavy atom. The second-order valence-corrected chi connectivity index (χ2v) is 9.35. The molecule has 2 rings (SSSR count). The SMILES string of the molecule is Cc1c(Br)sc2[nH]c(=O)c(C(C)(C)C(=O)OC(C)(C)C)c(O)c12. The fourth-order valence-electron chi connectivity index (χ4n) is 2.34. The van der Waals surface area contributed by atoms with Crippen molar-refractivity contribution in [3.05, 3.63) is 25.3 Å². The predicted octanol–water partition coefficient (Wildman–Crippen LogP) is 3.99. The molecular weight excluding hydrogens is 382 g/mol. The number of aromatic amines is 1. The summed E-state index contributed by atoms with van der Waals surface area (Å²) in [4.78, 5) is 28.3. The maximum atomic E-state index is 12.5. The topological polar surface area (TPSA) is 79.4 Å². The summed E-state index contributed by atoms with van der Waals surface area (Å²) in [6.07, 6.45) is 0. The standard InChI is InChI=1S/C16H20BrNO4S/c1-7-8-10(19)9(12(20)18-13(8)23-11(7)17)16(5,6)14(21)22-15(2,3)4/h1-6H3,(H2,18,19,20). The maximum absolute atomic E-state index is 12.5. The third-order valence-electron chi connectivity index (χ3n) is 3.55. The molecule has 7 heteroatoms. The molecule has 2 N–H and O–H groups in total. The molecule has 23 heavy (non-hydrogen) atoms. The highest BCUT2D eigenvalue weighted by Gasteiger charge is 2.39. The lowest BCUT2D eigenvalue weighted by Crippen LogP contribution is -2.40. The van der Waals surface area contributed by atoms with E-state index >= 15 is 0 Å². The molecule has 126 valence electrons. The van der Waals surface area contributed by atoms with Crippen LogP contribution in [0.25, 0.3) is 10.2 Å². The van der Waals surface area contributed by atoms with Gasteiger partial charge in [0, 0.05) is 0 Å². The smallest absolute Gasteiger partial charge is 0.316 e. The van der Waals surface area contributed by atoms with E-state index in [9.17, 15) is 14.7 Å². The normalized spacial score (nSPS) is 12.7. The molecule has 5 nitrogen and oxygen atoms in total. The summed E-state index contributed by atoms with van der Waals surface area (Å²) >= 11 is 4.73. The number of aromatic nitrogens is 1. The first-order valence-electron chi connectivity index (χ1n) is 7.14. The van der Waals surface area contributed by atoms with E-state index in [0.29, 0.717) is 10.2 Å². The van der Waals surface area contributed by atoms with Gasteiger partial charge in [-0.15, -0.1) is 11.3 Å². The highest BCUT2D eigenvalue weighted by atomic mass is 79.9. The van der Waals surface area contributed by atoms with E-state index in [1.807, 2.05) is 6.92 Å².